The molecule has 0 fully saturated rings. The quantitative estimate of drug-likeness (QED) is 0.0222. The second-order valence-electron chi connectivity index (χ2n) is 23.7. The van der Waals surface area contributed by atoms with Gasteiger partial charge in [0.25, 0.3) is 0 Å². The maximum absolute atomic E-state index is 13.0. The van der Waals surface area contributed by atoms with Crippen LogP contribution in [0.25, 0.3) is 0 Å². The third-order valence-corrected chi connectivity index (χ3v) is 16.4. The molecule has 17 nitrogen and oxygen atoms in total. The summed E-state index contributed by atoms with van der Waals surface area (Å²) in [6.45, 7) is 9.34. The summed E-state index contributed by atoms with van der Waals surface area (Å²) in [4.78, 5) is 72.1. The third-order valence-electron chi connectivity index (χ3n) is 14.5. The van der Waals surface area contributed by atoms with E-state index in [0.29, 0.717) is 37.5 Å². The average molecular weight is 1210 g/mol. The van der Waals surface area contributed by atoms with Gasteiger partial charge in [0.15, 0.2) is 12.2 Å². The van der Waals surface area contributed by atoms with Crippen molar-refractivity contribution in [3.05, 3.63) is 0 Å². The maximum atomic E-state index is 13.0. The van der Waals surface area contributed by atoms with Gasteiger partial charge in [-0.05, 0) is 37.5 Å². The molecule has 3 N–H and O–H groups in total. The van der Waals surface area contributed by atoms with Gasteiger partial charge in [-0.1, -0.05) is 260 Å². The zero-order chi connectivity index (χ0) is 60.8. The molecule has 0 spiro atoms. The van der Waals surface area contributed by atoms with Gasteiger partial charge in [0.1, 0.15) is 19.3 Å². The number of phosphoric ester groups is 2. The Labute approximate surface area is 498 Å². The van der Waals surface area contributed by atoms with Crippen LogP contribution in [0.2, 0.25) is 0 Å². The van der Waals surface area contributed by atoms with Crippen molar-refractivity contribution >= 4 is 39.5 Å². The van der Waals surface area contributed by atoms with Crippen LogP contribution in [0.3, 0.4) is 0 Å². The van der Waals surface area contributed by atoms with Gasteiger partial charge in [0, 0.05) is 25.7 Å². The lowest BCUT2D eigenvalue weighted by molar-refractivity contribution is -0.161. The molecule has 0 bridgehead atoms. The van der Waals surface area contributed by atoms with Crippen molar-refractivity contribution in [2.24, 2.45) is 11.8 Å². The van der Waals surface area contributed by atoms with Gasteiger partial charge in [0.05, 0.1) is 26.4 Å². The highest BCUT2D eigenvalue weighted by Crippen LogP contribution is 2.45. The lowest BCUT2D eigenvalue weighted by Crippen LogP contribution is -2.30. The normalized spacial score (nSPS) is 14.3. The summed E-state index contributed by atoms with van der Waals surface area (Å²) in [6.07, 6.45) is 37.7. The van der Waals surface area contributed by atoms with Crippen LogP contribution < -0.4 is 0 Å². The van der Waals surface area contributed by atoms with Crippen LogP contribution in [0.5, 0.6) is 0 Å². The Bertz CT molecular complexity index is 1620. The SMILES string of the molecule is CCCCCCCCCCCCCCCC(=O)O[C@H](COC(=O)CCCCCCCCCC(C)C)COP(=O)(O)OC[C@@H](O)COP(=O)(O)OC[C@@H](COC(=O)CCCCCCCCC(C)C)OC(=O)CCCCCCCCCCCC. The van der Waals surface area contributed by atoms with Gasteiger partial charge < -0.3 is 33.8 Å². The Morgan fingerprint density at radius 1 is 0.329 bits per heavy atom. The molecule has 0 rings (SSSR count). The lowest BCUT2D eigenvalue weighted by Gasteiger charge is -2.21. The van der Waals surface area contributed by atoms with Gasteiger partial charge in [-0.2, -0.15) is 0 Å². The van der Waals surface area contributed by atoms with E-state index in [1.807, 2.05) is 0 Å². The first-order chi connectivity index (χ1) is 39.4. The van der Waals surface area contributed by atoms with Crippen LogP contribution in [0.1, 0.15) is 311 Å². The summed E-state index contributed by atoms with van der Waals surface area (Å²) >= 11 is 0. The molecule has 0 aromatic carbocycles. The number of aliphatic hydroxyl groups is 1. The fourth-order valence-corrected chi connectivity index (χ4v) is 10.9. The Balaban J connectivity index is 5.24. The highest BCUT2D eigenvalue weighted by Gasteiger charge is 2.30. The highest BCUT2D eigenvalue weighted by atomic mass is 31.2. The summed E-state index contributed by atoms with van der Waals surface area (Å²) in [5.41, 5.74) is 0. The minimum atomic E-state index is -4.94. The standard InChI is InChI=1S/C63H122O17P2/c1-7-9-11-13-15-17-19-20-21-23-27-36-42-48-63(68)79-58(51-73-60(65)45-39-33-28-24-25-31-37-43-55(3)4)53-77-81(69,70)75-49-57(64)50-76-82(71,72)78-54-59(52-74-61(66)46-40-34-30-29-32-38-44-56(5)6)80-62(67)47-41-35-26-22-18-16-14-12-10-8-2/h55-59,64H,7-54H2,1-6H3,(H,69,70)(H,71,72)/t57-,58-,59-/m1/s1. The van der Waals surface area contributed by atoms with E-state index in [2.05, 4.69) is 41.5 Å². The number of hydrogen-bond acceptors (Lipinski definition) is 15. The van der Waals surface area contributed by atoms with Crippen LogP contribution in [0, 0.1) is 11.8 Å². The summed E-state index contributed by atoms with van der Waals surface area (Å²) in [5.74, 6) is -0.752. The van der Waals surface area contributed by atoms with Crippen LogP contribution in [0.4, 0.5) is 0 Å². The number of carbonyl (C=O) groups is 4. The molecular weight excluding hydrogens is 1090 g/mol. The molecule has 19 heteroatoms. The molecule has 0 saturated heterocycles. The summed E-state index contributed by atoms with van der Waals surface area (Å²) < 4.78 is 67.9. The third kappa shape index (κ3) is 57.2. The Morgan fingerprint density at radius 2 is 0.561 bits per heavy atom. The van der Waals surface area contributed by atoms with E-state index in [1.165, 1.54) is 116 Å². The number of rotatable bonds is 62. The molecule has 0 saturated carbocycles. The molecule has 0 aromatic rings. The van der Waals surface area contributed by atoms with E-state index >= 15 is 0 Å². The zero-order valence-electron chi connectivity index (χ0n) is 52.8. The van der Waals surface area contributed by atoms with Gasteiger partial charge in [-0.25, -0.2) is 9.13 Å². The Hall–Kier alpha value is -1.94. The molecule has 5 atom stereocenters. The molecule has 82 heavy (non-hydrogen) atoms. The molecule has 0 radical (unpaired) electrons. The monoisotopic (exact) mass is 1210 g/mol. The lowest BCUT2D eigenvalue weighted by atomic mass is 10.0. The van der Waals surface area contributed by atoms with E-state index in [1.54, 1.807) is 0 Å². The van der Waals surface area contributed by atoms with Crippen molar-refractivity contribution in [2.75, 3.05) is 39.6 Å². The van der Waals surface area contributed by atoms with E-state index in [-0.39, 0.29) is 25.7 Å². The minimum Gasteiger partial charge on any atom is -0.462 e. The van der Waals surface area contributed by atoms with Gasteiger partial charge in [-0.3, -0.25) is 37.3 Å². The summed E-state index contributed by atoms with van der Waals surface area (Å²) in [7, 11) is -9.88. The highest BCUT2D eigenvalue weighted by molar-refractivity contribution is 7.47. The molecule has 486 valence electrons. The predicted molar refractivity (Wildman–Crippen MR) is 326 cm³/mol. The van der Waals surface area contributed by atoms with Crippen LogP contribution >= 0.6 is 15.6 Å². The first-order valence-corrected chi connectivity index (χ1v) is 36.0. The predicted octanol–water partition coefficient (Wildman–Crippen LogP) is 17.3. The average Bonchev–Trinajstić information content (AvgIpc) is 3.43. The second-order valence-corrected chi connectivity index (χ2v) is 26.7. The number of aliphatic hydroxyl groups excluding tert-OH is 1. The van der Waals surface area contributed by atoms with Crippen LogP contribution in [0.15, 0.2) is 0 Å². The number of phosphoric acid groups is 2. The first kappa shape index (κ1) is 80.1. The molecule has 0 aliphatic carbocycles. The molecule has 0 aliphatic rings. The van der Waals surface area contributed by atoms with Crippen molar-refractivity contribution in [1.29, 1.82) is 0 Å². The van der Waals surface area contributed by atoms with Crippen molar-refractivity contribution in [1.82, 2.24) is 0 Å². The molecule has 0 aromatic heterocycles. The number of carbonyl (C=O) groups excluding carboxylic acids is 4. The molecule has 0 heterocycles. The van der Waals surface area contributed by atoms with E-state index < -0.39 is 97.5 Å². The summed E-state index contributed by atoms with van der Waals surface area (Å²) in [5, 5.41) is 10.5. The van der Waals surface area contributed by atoms with E-state index in [9.17, 15) is 43.2 Å². The second kappa shape index (κ2) is 55.6. The van der Waals surface area contributed by atoms with Gasteiger partial charge >= 0.3 is 39.5 Å². The Morgan fingerprint density at radius 3 is 0.829 bits per heavy atom. The van der Waals surface area contributed by atoms with Crippen molar-refractivity contribution < 1.29 is 80.2 Å². The molecule has 2 unspecified atom stereocenters. The van der Waals surface area contributed by atoms with Crippen molar-refractivity contribution in [2.45, 2.75) is 330 Å². The van der Waals surface area contributed by atoms with Crippen molar-refractivity contribution in [3.63, 3.8) is 0 Å². The molecule has 0 amide bonds. The van der Waals surface area contributed by atoms with Crippen LogP contribution in [-0.4, -0.2) is 96.7 Å². The number of esters is 4. The topological polar surface area (TPSA) is 237 Å². The molecular formula is C63H122O17P2. The zero-order valence-corrected chi connectivity index (χ0v) is 54.6. The largest absolute Gasteiger partial charge is 0.472 e. The number of ether oxygens (including phenoxy) is 4. The smallest absolute Gasteiger partial charge is 0.462 e. The molecule has 0 aliphatic heterocycles. The fourth-order valence-electron chi connectivity index (χ4n) is 9.35. The van der Waals surface area contributed by atoms with Gasteiger partial charge in [-0.15, -0.1) is 0 Å². The maximum Gasteiger partial charge on any atom is 0.472 e. The fraction of sp³-hybridized carbons (Fsp3) is 0.937. The minimum absolute atomic E-state index is 0.105. The summed E-state index contributed by atoms with van der Waals surface area (Å²) in [6, 6.07) is 0. The number of unbranched alkanes of at least 4 members (excludes halogenated alkanes) is 32. The van der Waals surface area contributed by atoms with E-state index in [0.717, 1.165) is 103 Å². The Kier molecular flexibility index (Phi) is 54.3. The van der Waals surface area contributed by atoms with Gasteiger partial charge in [0.2, 0.25) is 0 Å². The van der Waals surface area contributed by atoms with Crippen molar-refractivity contribution in [3.8, 4) is 0 Å². The van der Waals surface area contributed by atoms with E-state index in [4.69, 9.17) is 37.0 Å². The first-order valence-electron chi connectivity index (χ1n) is 33.0. The van der Waals surface area contributed by atoms with Crippen LogP contribution in [-0.2, 0) is 65.4 Å². The number of hydrogen-bond donors (Lipinski definition) is 3.